The summed E-state index contributed by atoms with van der Waals surface area (Å²) in [5.74, 6) is -1.98. The number of nitrogens with zero attached hydrogens (tertiary/aromatic N) is 1. The second-order valence-corrected chi connectivity index (χ2v) is 7.86. The molecule has 1 saturated heterocycles. The van der Waals surface area contributed by atoms with Crippen molar-refractivity contribution in [2.75, 3.05) is 18.6 Å². The van der Waals surface area contributed by atoms with Crippen molar-refractivity contribution in [3.05, 3.63) is 56.5 Å². The molecule has 0 atom stereocenters. The largest absolute Gasteiger partial charge is 0.497 e. The number of carbonyl (C=O) groups is 4. The van der Waals surface area contributed by atoms with E-state index in [0.717, 1.165) is 4.90 Å². The summed E-state index contributed by atoms with van der Waals surface area (Å²) in [7, 11) is 1.49. The molecule has 0 spiro atoms. The number of urea groups is 1. The van der Waals surface area contributed by atoms with Crippen molar-refractivity contribution in [1.29, 1.82) is 0 Å². The van der Waals surface area contributed by atoms with E-state index < -0.39 is 30.4 Å². The third-order valence-corrected chi connectivity index (χ3v) is 5.28. The maximum Gasteiger partial charge on any atom is 0.341 e. The fourth-order valence-corrected chi connectivity index (χ4v) is 4.18. The second-order valence-electron chi connectivity index (χ2n) is 6.15. The predicted octanol–water partition coefficient (Wildman–Crippen LogP) is 3.35. The molecule has 160 valence electrons. The van der Waals surface area contributed by atoms with Gasteiger partial charge in [0.05, 0.1) is 21.7 Å². The van der Waals surface area contributed by atoms with Gasteiger partial charge < -0.3 is 14.6 Å². The molecule has 0 saturated carbocycles. The van der Waals surface area contributed by atoms with Crippen LogP contribution in [0.5, 0.6) is 11.5 Å². The maximum atomic E-state index is 13.0. The van der Waals surface area contributed by atoms with Gasteiger partial charge in [-0.05, 0) is 79.9 Å². The Morgan fingerprint density at radius 2 is 1.74 bits per heavy atom. The minimum absolute atomic E-state index is 0.249. The lowest BCUT2D eigenvalue weighted by Gasteiger charge is -2.26. The zero-order valence-corrected chi connectivity index (χ0v) is 19.0. The second kappa shape index (κ2) is 9.31. The minimum Gasteiger partial charge on any atom is -0.497 e. The van der Waals surface area contributed by atoms with Crippen LogP contribution >= 0.6 is 31.9 Å². The first-order valence-electron chi connectivity index (χ1n) is 8.60. The van der Waals surface area contributed by atoms with Gasteiger partial charge in [-0.15, -0.1) is 0 Å². The summed E-state index contributed by atoms with van der Waals surface area (Å²) < 4.78 is 11.1. The van der Waals surface area contributed by atoms with Crippen molar-refractivity contribution in [3.8, 4) is 11.5 Å². The number of ether oxygens (including phenoxy) is 2. The average Bonchev–Trinajstić information content (AvgIpc) is 2.70. The molecule has 9 nitrogen and oxygen atoms in total. The molecule has 11 heteroatoms. The Labute approximate surface area is 192 Å². The van der Waals surface area contributed by atoms with E-state index in [1.807, 2.05) is 0 Å². The fourth-order valence-electron chi connectivity index (χ4n) is 2.72. The molecule has 31 heavy (non-hydrogen) atoms. The van der Waals surface area contributed by atoms with Gasteiger partial charge in [-0.1, -0.05) is 0 Å². The number of methoxy groups -OCH3 is 1. The maximum absolute atomic E-state index is 13.0. The molecule has 1 aliphatic heterocycles. The van der Waals surface area contributed by atoms with Crippen molar-refractivity contribution in [3.63, 3.8) is 0 Å². The van der Waals surface area contributed by atoms with Gasteiger partial charge in [0, 0.05) is 0 Å². The first-order chi connectivity index (χ1) is 14.7. The molecule has 1 fully saturated rings. The van der Waals surface area contributed by atoms with Crippen molar-refractivity contribution < 1.29 is 33.8 Å². The number of halogens is 2. The predicted molar refractivity (Wildman–Crippen MR) is 117 cm³/mol. The Kier molecular flexibility index (Phi) is 6.76. The summed E-state index contributed by atoms with van der Waals surface area (Å²) in [5, 5.41) is 10.9. The quantitative estimate of drug-likeness (QED) is 0.415. The van der Waals surface area contributed by atoms with E-state index in [2.05, 4.69) is 37.2 Å². The van der Waals surface area contributed by atoms with Crippen LogP contribution in [0.1, 0.15) is 5.56 Å². The van der Waals surface area contributed by atoms with Gasteiger partial charge in [-0.25, -0.2) is 14.5 Å². The highest BCUT2D eigenvalue weighted by Crippen LogP contribution is 2.35. The smallest absolute Gasteiger partial charge is 0.341 e. The van der Waals surface area contributed by atoms with Crippen molar-refractivity contribution in [2.24, 2.45) is 0 Å². The number of anilines is 1. The van der Waals surface area contributed by atoms with Crippen molar-refractivity contribution in [1.82, 2.24) is 5.32 Å². The lowest BCUT2D eigenvalue weighted by molar-refractivity contribution is -0.139. The first kappa shape index (κ1) is 22.5. The van der Waals surface area contributed by atoms with Crippen molar-refractivity contribution >= 4 is 67.4 Å². The van der Waals surface area contributed by atoms with Crippen LogP contribution in [-0.2, 0) is 14.4 Å². The molecule has 0 aromatic heterocycles. The molecule has 1 aliphatic rings. The number of imide groups is 2. The van der Waals surface area contributed by atoms with Gasteiger partial charge in [0.25, 0.3) is 11.8 Å². The summed E-state index contributed by atoms with van der Waals surface area (Å²) in [4.78, 5) is 49.1. The first-order valence-corrected chi connectivity index (χ1v) is 10.2. The van der Waals surface area contributed by atoms with Crippen LogP contribution in [-0.4, -0.2) is 42.6 Å². The number of barbiturate groups is 1. The van der Waals surface area contributed by atoms with Gasteiger partial charge in [-0.2, -0.15) is 0 Å². The van der Waals surface area contributed by atoms with E-state index in [9.17, 15) is 19.2 Å². The number of rotatable bonds is 6. The Morgan fingerprint density at radius 3 is 2.29 bits per heavy atom. The van der Waals surface area contributed by atoms with Crippen LogP contribution in [0.4, 0.5) is 10.5 Å². The molecule has 2 aromatic carbocycles. The molecular weight excluding hydrogens is 540 g/mol. The third kappa shape index (κ3) is 4.94. The summed E-state index contributed by atoms with van der Waals surface area (Å²) in [6, 6.07) is 8.43. The van der Waals surface area contributed by atoms with Crippen molar-refractivity contribution in [2.45, 2.75) is 0 Å². The highest BCUT2D eigenvalue weighted by molar-refractivity contribution is 9.11. The summed E-state index contributed by atoms with van der Waals surface area (Å²) >= 11 is 6.55. The Morgan fingerprint density at radius 1 is 1.13 bits per heavy atom. The van der Waals surface area contributed by atoms with Crippen LogP contribution in [0.15, 0.2) is 50.9 Å². The topological polar surface area (TPSA) is 122 Å². The summed E-state index contributed by atoms with van der Waals surface area (Å²) in [6.07, 6.45) is 1.32. The summed E-state index contributed by atoms with van der Waals surface area (Å²) in [5.41, 5.74) is 0.443. The van der Waals surface area contributed by atoms with Crippen LogP contribution < -0.4 is 19.7 Å². The molecular formula is C20H14Br2N2O7. The van der Waals surface area contributed by atoms with E-state index in [4.69, 9.17) is 14.6 Å². The molecule has 2 N–H and O–H groups in total. The van der Waals surface area contributed by atoms with Crippen LogP contribution in [0, 0.1) is 0 Å². The molecule has 0 bridgehead atoms. The molecule has 1 heterocycles. The number of aliphatic carboxylic acids is 1. The Balaban J connectivity index is 1.95. The average molecular weight is 554 g/mol. The van der Waals surface area contributed by atoms with Gasteiger partial charge in [0.2, 0.25) is 0 Å². The monoisotopic (exact) mass is 552 g/mol. The van der Waals surface area contributed by atoms with Crippen LogP contribution in [0.25, 0.3) is 6.08 Å². The zero-order chi connectivity index (χ0) is 22.7. The van der Waals surface area contributed by atoms with Gasteiger partial charge in [0.1, 0.15) is 17.1 Å². The molecule has 0 unspecified atom stereocenters. The van der Waals surface area contributed by atoms with E-state index >= 15 is 0 Å². The Hall–Kier alpha value is -3.18. The van der Waals surface area contributed by atoms with Crippen LogP contribution in [0.3, 0.4) is 0 Å². The van der Waals surface area contributed by atoms with Gasteiger partial charge in [0.15, 0.2) is 6.61 Å². The molecule has 2 aromatic rings. The fraction of sp³-hybridized carbons (Fsp3) is 0.100. The number of carbonyl (C=O) groups excluding carboxylic acids is 3. The van der Waals surface area contributed by atoms with E-state index in [1.165, 1.54) is 25.3 Å². The normalized spacial score (nSPS) is 15.1. The number of hydrogen-bond donors (Lipinski definition) is 2. The molecule has 0 radical (unpaired) electrons. The number of amides is 4. The molecule has 0 aliphatic carbocycles. The van der Waals surface area contributed by atoms with Gasteiger partial charge in [-0.3, -0.25) is 14.9 Å². The lowest BCUT2D eigenvalue weighted by Crippen LogP contribution is -2.54. The Bertz CT molecular complexity index is 1090. The van der Waals surface area contributed by atoms with E-state index in [1.54, 1.807) is 24.3 Å². The number of nitrogens with one attached hydrogen (secondary N) is 1. The zero-order valence-electron chi connectivity index (χ0n) is 15.8. The highest BCUT2D eigenvalue weighted by Gasteiger charge is 2.36. The minimum atomic E-state index is -1.14. The van der Waals surface area contributed by atoms with E-state index in [0.29, 0.717) is 20.3 Å². The van der Waals surface area contributed by atoms with E-state index in [-0.39, 0.29) is 17.0 Å². The standard InChI is InChI=1S/C20H14Br2N2O7/c1-30-12-4-2-11(3-5-12)24-19(28)13(18(27)23-20(24)29)6-10-7-14(21)17(15(22)8-10)31-9-16(25)26/h2-8H,9H2,1H3,(H,25,26)(H,23,27,29). The summed E-state index contributed by atoms with van der Waals surface area (Å²) in [6.45, 7) is -0.544. The molecule has 3 rings (SSSR count). The van der Waals surface area contributed by atoms with Gasteiger partial charge >= 0.3 is 12.0 Å². The highest BCUT2D eigenvalue weighted by atomic mass is 79.9. The SMILES string of the molecule is COc1ccc(N2C(=O)NC(=O)C(=Cc3cc(Br)c(OCC(=O)O)c(Br)c3)C2=O)cc1. The number of benzene rings is 2. The number of carboxylic acids is 1. The number of carboxylic acid groups (broad SMARTS) is 1. The lowest BCUT2D eigenvalue weighted by atomic mass is 10.1. The molecule has 4 amide bonds. The third-order valence-electron chi connectivity index (χ3n) is 4.10. The number of hydrogen-bond acceptors (Lipinski definition) is 6. The van der Waals surface area contributed by atoms with Crippen LogP contribution in [0.2, 0.25) is 0 Å².